The molecule has 0 bridgehead atoms. The van der Waals surface area contributed by atoms with Gasteiger partial charge in [0.1, 0.15) is 12.8 Å². The van der Waals surface area contributed by atoms with Crippen LogP contribution in [0.4, 0.5) is 0 Å². The molecule has 13 heavy (non-hydrogen) atoms. The fourth-order valence-corrected chi connectivity index (χ4v) is 2.86. The van der Waals surface area contributed by atoms with Crippen LogP contribution in [0.1, 0.15) is 34.1 Å². The average Bonchev–Trinajstić information content (AvgIpc) is 2.04. The van der Waals surface area contributed by atoms with Gasteiger partial charge in [-0.1, -0.05) is 20.8 Å². The normalized spacial score (nSPS) is 36.2. The fourth-order valence-electron chi connectivity index (χ4n) is 2.86. The quantitative estimate of drug-likeness (QED) is 0.465. The minimum absolute atomic E-state index is 0.590. The fraction of sp³-hybridized carbons (Fsp3) is 0.909. The number of hydrogen-bond donors (Lipinski definition) is 0. The summed E-state index contributed by atoms with van der Waals surface area (Å²) in [6.45, 7) is 14.4. The van der Waals surface area contributed by atoms with Gasteiger partial charge in [0.15, 0.2) is 0 Å². The molecule has 1 aliphatic rings. The first-order valence-corrected chi connectivity index (χ1v) is 5.35. The van der Waals surface area contributed by atoms with Gasteiger partial charge in [0.05, 0.1) is 14.0 Å². The zero-order valence-corrected chi connectivity index (χ0v) is 9.75. The molecule has 0 aromatic heterocycles. The van der Waals surface area contributed by atoms with Crippen LogP contribution in [0.3, 0.4) is 0 Å². The minimum Gasteiger partial charge on any atom is -0.212 e. The third-order valence-corrected chi connectivity index (χ3v) is 3.81. The van der Waals surface area contributed by atoms with Crippen molar-refractivity contribution in [3.8, 4) is 0 Å². The predicted molar refractivity (Wildman–Crippen MR) is 56.8 cm³/mol. The molecule has 1 aliphatic heterocycles. The molecular weight excluding hydrogens is 160 g/mol. The van der Waals surface area contributed by atoms with Gasteiger partial charge in [-0.05, 0) is 6.42 Å². The monoisotopic (exact) mass is 184 g/mol. The predicted octanol–water partition coefficient (Wildman–Crippen LogP) is 1.90. The lowest BCUT2D eigenvalue weighted by atomic mass is 9.95. The van der Waals surface area contributed by atoms with Gasteiger partial charge in [0.2, 0.25) is 0 Å². The first-order valence-electron chi connectivity index (χ1n) is 5.35. The molecule has 0 aromatic rings. The third-order valence-electron chi connectivity index (χ3n) is 3.81. The molecule has 0 radical (unpaired) electrons. The van der Waals surface area contributed by atoms with E-state index < -0.39 is 0 Å². The SMILES string of the molecule is C=[N+]1C[N+](C)(C(CC)C(C)C)C1C. The molecular formula is C11H24N2+2. The Kier molecular flexibility index (Phi) is 2.81. The minimum atomic E-state index is 0.590. The van der Waals surface area contributed by atoms with E-state index in [2.05, 4.69) is 46.0 Å². The molecule has 2 nitrogen and oxygen atoms in total. The summed E-state index contributed by atoms with van der Waals surface area (Å²) in [6.07, 6.45) is 1.86. The topological polar surface area (TPSA) is 3.01 Å². The van der Waals surface area contributed by atoms with Gasteiger partial charge in [-0.25, -0.2) is 4.48 Å². The number of nitrogens with zero attached hydrogens (tertiary/aromatic N) is 2. The van der Waals surface area contributed by atoms with E-state index in [1.54, 1.807) is 0 Å². The summed E-state index contributed by atoms with van der Waals surface area (Å²) < 4.78 is 3.36. The van der Waals surface area contributed by atoms with Crippen molar-refractivity contribution in [2.24, 2.45) is 5.92 Å². The Morgan fingerprint density at radius 3 is 2.31 bits per heavy atom. The van der Waals surface area contributed by atoms with Gasteiger partial charge >= 0.3 is 0 Å². The van der Waals surface area contributed by atoms with Crippen molar-refractivity contribution in [2.45, 2.75) is 46.3 Å². The Morgan fingerprint density at radius 2 is 2.08 bits per heavy atom. The summed E-state index contributed by atoms with van der Waals surface area (Å²) in [6, 6.07) is 0.785. The van der Waals surface area contributed by atoms with E-state index in [0.717, 1.165) is 18.6 Å². The van der Waals surface area contributed by atoms with Crippen LogP contribution < -0.4 is 0 Å². The van der Waals surface area contributed by atoms with E-state index in [1.165, 1.54) is 10.9 Å². The second-order valence-corrected chi connectivity index (χ2v) is 4.93. The molecule has 1 saturated heterocycles. The zero-order chi connectivity index (χ0) is 10.2. The molecule has 0 spiro atoms. The molecule has 0 amide bonds. The highest BCUT2D eigenvalue weighted by molar-refractivity contribution is 5.14. The van der Waals surface area contributed by atoms with Crippen molar-refractivity contribution in [1.29, 1.82) is 0 Å². The Labute approximate surface area is 82.5 Å². The van der Waals surface area contributed by atoms with Crippen molar-refractivity contribution >= 4 is 6.72 Å². The van der Waals surface area contributed by atoms with E-state index in [0.29, 0.717) is 6.17 Å². The lowest BCUT2D eigenvalue weighted by Gasteiger charge is -2.49. The standard InChI is InChI=1S/C11H24N2/c1-7-11(9(2)3)13(6)8-12(5)10(13)4/h9-11H,5,7-8H2,1-4,6H3/q+2. The Balaban J connectivity index is 2.74. The average molecular weight is 184 g/mol. The first-order chi connectivity index (χ1) is 5.93. The van der Waals surface area contributed by atoms with Crippen LogP contribution >= 0.6 is 0 Å². The molecule has 2 heteroatoms. The maximum absolute atomic E-state index is 4.01. The summed E-state index contributed by atoms with van der Waals surface area (Å²) in [5.41, 5.74) is 0. The number of rotatable bonds is 3. The van der Waals surface area contributed by atoms with Gasteiger partial charge in [-0.15, -0.1) is 4.58 Å². The largest absolute Gasteiger partial charge is 0.286 e. The van der Waals surface area contributed by atoms with Crippen LogP contribution in [0.5, 0.6) is 0 Å². The summed E-state index contributed by atoms with van der Waals surface area (Å²) in [5.74, 6) is 0.770. The Hall–Kier alpha value is -0.370. The molecule has 3 unspecified atom stereocenters. The van der Waals surface area contributed by atoms with Crippen LogP contribution in [0, 0.1) is 5.92 Å². The molecule has 0 aliphatic carbocycles. The van der Waals surface area contributed by atoms with E-state index in [9.17, 15) is 0 Å². The van der Waals surface area contributed by atoms with Crippen molar-refractivity contribution in [1.82, 2.24) is 0 Å². The summed E-state index contributed by atoms with van der Waals surface area (Å²) in [5, 5.41) is 0. The Bertz CT molecular complexity index is 210. The smallest absolute Gasteiger partial charge is 0.212 e. The second-order valence-electron chi connectivity index (χ2n) is 4.93. The van der Waals surface area contributed by atoms with Gasteiger partial charge in [-0.2, -0.15) is 0 Å². The van der Waals surface area contributed by atoms with Crippen LogP contribution in [-0.4, -0.2) is 41.7 Å². The summed E-state index contributed by atoms with van der Waals surface area (Å²) in [4.78, 5) is 0. The highest BCUT2D eigenvalue weighted by atomic mass is 15.6. The van der Waals surface area contributed by atoms with Gasteiger partial charge in [0.25, 0.3) is 12.8 Å². The number of quaternary nitrogens is 1. The molecule has 76 valence electrons. The maximum atomic E-state index is 4.01. The highest BCUT2D eigenvalue weighted by Crippen LogP contribution is 2.31. The molecule has 0 saturated carbocycles. The van der Waals surface area contributed by atoms with Crippen LogP contribution in [0.2, 0.25) is 0 Å². The summed E-state index contributed by atoms with van der Waals surface area (Å²) in [7, 11) is 2.36. The molecule has 1 fully saturated rings. The van der Waals surface area contributed by atoms with Crippen molar-refractivity contribution < 1.29 is 9.06 Å². The zero-order valence-electron chi connectivity index (χ0n) is 9.75. The van der Waals surface area contributed by atoms with E-state index in [1.807, 2.05) is 0 Å². The van der Waals surface area contributed by atoms with Gasteiger partial charge in [0, 0.05) is 5.92 Å². The molecule has 0 N–H and O–H groups in total. The van der Waals surface area contributed by atoms with Crippen molar-refractivity contribution in [2.75, 3.05) is 13.7 Å². The van der Waals surface area contributed by atoms with E-state index >= 15 is 0 Å². The maximum Gasteiger partial charge on any atom is 0.286 e. The van der Waals surface area contributed by atoms with Crippen LogP contribution in [-0.2, 0) is 0 Å². The molecule has 3 atom stereocenters. The lowest BCUT2D eigenvalue weighted by Crippen LogP contribution is -2.73. The molecule has 0 aromatic carbocycles. The van der Waals surface area contributed by atoms with E-state index in [-0.39, 0.29) is 0 Å². The summed E-state index contributed by atoms with van der Waals surface area (Å²) >= 11 is 0. The second kappa shape index (κ2) is 3.41. The van der Waals surface area contributed by atoms with E-state index in [4.69, 9.17) is 0 Å². The molecule has 1 rings (SSSR count). The first kappa shape index (κ1) is 10.7. The third kappa shape index (κ3) is 1.52. The number of hydrogen-bond acceptors (Lipinski definition) is 0. The van der Waals surface area contributed by atoms with Crippen LogP contribution in [0.15, 0.2) is 0 Å². The molecule has 1 heterocycles. The van der Waals surface area contributed by atoms with Gasteiger partial charge < -0.3 is 0 Å². The van der Waals surface area contributed by atoms with Gasteiger partial charge in [-0.3, -0.25) is 0 Å². The van der Waals surface area contributed by atoms with Crippen LogP contribution in [0.25, 0.3) is 0 Å². The Morgan fingerprint density at radius 1 is 1.54 bits per heavy atom. The van der Waals surface area contributed by atoms with Crippen molar-refractivity contribution in [3.63, 3.8) is 0 Å². The lowest BCUT2D eigenvalue weighted by molar-refractivity contribution is -1.17. The highest BCUT2D eigenvalue weighted by Gasteiger charge is 2.54. The van der Waals surface area contributed by atoms with Crippen molar-refractivity contribution in [3.05, 3.63) is 0 Å².